The molecule has 0 saturated carbocycles. The van der Waals surface area contributed by atoms with Gasteiger partial charge in [0.15, 0.2) is 0 Å². The normalized spacial score (nSPS) is 11.0. The Bertz CT molecular complexity index is 829. The standard InChI is InChI=1S/C19H25N3O4/c1-13(2)12-22(11-10-18(24)25)17(23)9-5-8-16-20-15-7-4-3-6-14(15)19(26)21-16/h3-4,6-7,13H,5,8-12H2,1-2H3,(H,24,25)(H,20,21,26). The van der Waals surface area contributed by atoms with E-state index in [-0.39, 0.29) is 30.3 Å². The number of aliphatic carboxylic acids is 1. The van der Waals surface area contributed by atoms with E-state index >= 15 is 0 Å². The number of rotatable bonds is 9. The number of carbonyl (C=O) groups excluding carboxylic acids is 1. The summed E-state index contributed by atoms with van der Waals surface area (Å²) in [6, 6.07) is 7.13. The first-order valence-corrected chi connectivity index (χ1v) is 8.84. The highest BCUT2D eigenvalue weighted by molar-refractivity contribution is 5.78. The van der Waals surface area contributed by atoms with E-state index in [1.165, 1.54) is 0 Å². The number of nitrogens with zero attached hydrogens (tertiary/aromatic N) is 2. The highest BCUT2D eigenvalue weighted by Crippen LogP contribution is 2.09. The second kappa shape index (κ2) is 9.12. The van der Waals surface area contributed by atoms with Gasteiger partial charge in [-0.3, -0.25) is 14.4 Å². The van der Waals surface area contributed by atoms with Crippen molar-refractivity contribution in [3.63, 3.8) is 0 Å². The third kappa shape index (κ3) is 5.68. The molecule has 2 aromatic rings. The Balaban J connectivity index is 1.95. The van der Waals surface area contributed by atoms with Gasteiger partial charge in [-0.25, -0.2) is 4.98 Å². The summed E-state index contributed by atoms with van der Waals surface area (Å²) in [5.74, 6) is -0.152. The molecule has 7 nitrogen and oxygen atoms in total. The number of aryl methyl sites for hydroxylation is 1. The van der Waals surface area contributed by atoms with E-state index in [0.717, 1.165) is 0 Å². The molecule has 0 fully saturated rings. The van der Waals surface area contributed by atoms with Gasteiger partial charge in [-0.2, -0.15) is 0 Å². The molecule has 2 N–H and O–H groups in total. The van der Waals surface area contributed by atoms with Crippen molar-refractivity contribution >= 4 is 22.8 Å². The van der Waals surface area contributed by atoms with Crippen molar-refractivity contribution in [1.29, 1.82) is 0 Å². The van der Waals surface area contributed by atoms with Gasteiger partial charge < -0.3 is 15.0 Å². The quantitative estimate of drug-likeness (QED) is 0.714. The van der Waals surface area contributed by atoms with E-state index in [2.05, 4.69) is 9.97 Å². The number of hydrogen-bond donors (Lipinski definition) is 2. The molecule has 0 spiro atoms. The summed E-state index contributed by atoms with van der Waals surface area (Å²) < 4.78 is 0. The Kier molecular flexibility index (Phi) is 6.89. The van der Waals surface area contributed by atoms with Gasteiger partial charge in [0, 0.05) is 25.9 Å². The van der Waals surface area contributed by atoms with Crippen molar-refractivity contribution < 1.29 is 14.7 Å². The summed E-state index contributed by atoms with van der Waals surface area (Å²) in [5.41, 5.74) is 0.459. The molecule has 1 amide bonds. The van der Waals surface area contributed by atoms with E-state index in [1.54, 1.807) is 23.1 Å². The maximum atomic E-state index is 12.4. The molecule has 0 aliphatic rings. The number of carbonyl (C=O) groups is 2. The Labute approximate surface area is 152 Å². The number of nitrogens with one attached hydrogen (secondary N) is 1. The van der Waals surface area contributed by atoms with Crippen molar-refractivity contribution in [2.45, 2.75) is 39.5 Å². The second-order valence-corrected chi connectivity index (χ2v) is 6.76. The van der Waals surface area contributed by atoms with Crippen molar-refractivity contribution in [2.75, 3.05) is 13.1 Å². The van der Waals surface area contributed by atoms with Crippen molar-refractivity contribution in [1.82, 2.24) is 14.9 Å². The Morgan fingerprint density at radius 1 is 1.23 bits per heavy atom. The van der Waals surface area contributed by atoms with Crippen LogP contribution in [-0.4, -0.2) is 44.9 Å². The number of hydrogen-bond acceptors (Lipinski definition) is 4. The predicted molar refractivity (Wildman–Crippen MR) is 99.0 cm³/mol. The summed E-state index contributed by atoms with van der Waals surface area (Å²) in [6.07, 6.45) is 1.27. The van der Waals surface area contributed by atoms with E-state index in [9.17, 15) is 14.4 Å². The fourth-order valence-electron chi connectivity index (χ4n) is 2.81. The van der Waals surface area contributed by atoms with Gasteiger partial charge in [-0.15, -0.1) is 0 Å². The molecular weight excluding hydrogens is 334 g/mol. The number of amides is 1. The number of carboxylic acid groups (broad SMARTS) is 1. The highest BCUT2D eigenvalue weighted by Gasteiger charge is 2.16. The van der Waals surface area contributed by atoms with Crippen LogP contribution in [0.2, 0.25) is 0 Å². The van der Waals surface area contributed by atoms with Crippen molar-refractivity contribution in [3.05, 3.63) is 40.4 Å². The molecule has 7 heteroatoms. The molecule has 1 heterocycles. The average Bonchev–Trinajstić information content (AvgIpc) is 2.58. The van der Waals surface area contributed by atoms with Gasteiger partial charge >= 0.3 is 5.97 Å². The number of carboxylic acids is 1. The first kappa shape index (κ1) is 19.6. The van der Waals surface area contributed by atoms with Crippen LogP contribution in [0.4, 0.5) is 0 Å². The fraction of sp³-hybridized carbons (Fsp3) is 0.474. The van der Waals surface area contributed by atoms with Crippen LogP contribution in [0.3, 0.4) is 0 Å². The van der Waals surface area contributed by atoms with Crippen LogP contribution in [0.1, 0.15) is 38.9 Å². The van der Waals surface area contributed by atoms with Gasteiger partial charge in [0.2, 0.25) is 5.91 Å². The summed E-state index contributed by atoms with van der Waals surface area (Å²) in [4.78, 5) is 44.0. The van der Waals surface area contributed by atoms with E-state index in [4.69, 9.17) is 5.11 Å². The lowest BCUT2D eigenvalue weighted by molar-refractivity contribution is -0.138. The number of para-hydroxylation sites is 1. The maximum absolute atomic E-state index is 12.4. The Hall–Kier alpha value is -2.70. The summed E-state index contributed by atoms with van der Waals surface area (Å²) in [7, 11) is 0. The molecule has 26 heavy (non-hydrogen) atoms. The minimum atomic E-state index is -0.913. The fourth-order valence-corrected chi connectivity index (χ4v) is 2.81. The van der Waals surface area contributed by atoms with E-state index in [1.807, 2.05) is 19.9 Å². The van der Waals surface area contributed by atoms with Crippen LogP contribution in [-0.2, 0) is 16.0 Å². The lowest BCUT2D eigenvalue weighted by Crippen LogP contribution is -2.35. The monoisotopic (exact) mass is 359 g/mol. The topological polar surface area (TPSA) is 103 Å². The van der Waals surface area contributed by atoms with Crippen LogP contribution in [0, 0.1) is 5.92 Å². The van der Waals surface area contributed by atoms with Crippen molar-refractivity contribution in [3.8, 4) is 0 Å². The van der Waals surface area contributed by atoms with Crippen LogP contribution in [0.25, 0.3) is 10.9 Å². The molecule has 0 unspecified atom stereocenters. The minimum absolute atomic E-state index is 0.0575. The van der Waals surface area contributed by atoms with Gasteiger partial charge in [-0.05, 0) is 24.5 Å². The Morgan fingerprint density at radius 3 is 2.65 bits per heavy atom. The zero-order valence-electron chi connectivity index (χ0n) is 15.2. The van der Waals surface area contributed by atoms with Crippen LogP contribution < -0.4 is 5.56 Å². The largest absolute Gasteiger partial charge is 0.481 e. The smallest absolute Gasteiger partial charge is 0.305 e. The summed E-state index contributed by atoms with van der Waals surface area (Å²) in [6.45, 7) is 4.74. The number of aromatic nitrogens is 2. The summed E-state index contributed by atoms with van der Waals surface area (Å²) in [5, 5.41) is 9.38. The second-order valence-electron chi connectivity index (χ2n) is 6.76. The average molecular weight is 359 g/mol. The number of benzene rings is 1. The molecule has 1 aromatic heterocycles. The molecule has 0 atom stereocenters. The number of fused-ring (bicyclic) bond motifs is 1. The zero-order valence-corrected chi connectivity index (χ0v) is 15.2. The van der Waals surface area contributed by atoms with Crippen LogP contribution in [0.15, 0.2) is 29.1 Å². The molecular formula is C19H25N3O4. The van der Waals surface area contributed by atoms with Crippen LogP contribution in [0.5, 0.6) is 0 Å². The number of H-pyrrole nitrogens is 1. The third-order valence-electron chi connectivity index (χ3n) is 4.00. The van der Waals surface area contributed by atoms with Crippen molar-refractivity contribution in [2.24, 2.45) is 5.92 Å². The lowest BCUT2D eigenvalue weighted by Gasteiger charge is -2.24. The molecule has 0 saturated heterocycles. The SMILES string of the molecule is CC(C)CN(CCC(=O)O)C(=O)CCCc1nc2ccccc2c(=O)[nH]1. The first-order chi connectivity index (χ1) is 12.4. The predicted octanol–water partition coefficient (Wildman–Crippen LogP) is 2.21. The van der Waals surface area contributed by atoms with Gasteiger partial charge in [0.05, 0.1) is 17.3 Å². The summed E-state index contributed by atoms with van der Waals surface area (Å²) >= 11 is 0. The first-order valence-electron chi connectivity index (χ1n) is 8.84. The Morgan fingerprint density at radius 2 is 1.96 bits per heavy atom. The van der Waals surface area contributed by atoms with Gasteiger partial charge in [0.1, 0.15) is 5.82 Å². The van der Waals surface area contributed by atoms with Gasteiger partial charge in [0.25, 0.3) is 5.56 Å². The van der Waals surface area contributed by atoms with Crippen LogP contribution >= 0.6 is 0 Å². The van der Waals surface area contributed by atoms with E-state index < -0.39 is 5.97 Å². The van der Waals surface area contributed by atoms with Gasteiger partial charge in [-0.1, -0.05) is 26.0 Å². The molecule has 140 valence electrons. The lowest BCUT2D eigenvalue weighted by atomic mass is 10.1. The molecule has 0 bridgehead atoms. The third-order valence-corrected chi connectivity index (χ3v) is 4.00. The minimum Gasteiger partial charge on any atom is -0.481 e. The van der Waals surface area contributed by atoms with E-state index in [0.29, 0.717) is 42.5 Å². The molecule has 1 aromatic carbocycles. The molecule has 2 rings (SSSR count). The highest BCUT2D eigenvalue weighted by atomic mass is 16.4. The molecule has 0 aliphatic heterocycles. The molecule has 0 aliphatic carbocycles. The zero-order chi connectivity index (χ0) is 19.1. The maximum Gasteiger partial charge on any atom is 0.305 e. The number of aromatic amines is 1. The molecule has 0 radical (unpaired) electrons.